The first kappa shape index (κ1) is 40.2. The number of nitrogens with zero attached hydrogens (tertiary/aromatic N) is 2. The number of carbonyl (C=O) groups is 4. The number of aryl methyl sites for hydroxylation is 1. The molecule has 2 aromatic rings. The van der Waals surface area contributed by atoms with E-state index in [9.17, 15) is 19.5 Å². The van der Waals surface area contributed by atoms with Gasteiger partial charge < -0.3 is 34.4 Å². The number of halogens is 1. The molecule has 3 fully saturated rings. The molecule has 0 saturated carbocycles. The van der Waals surface area contributed by atoms with Crippen LogP contribution in [0.15, 0.2) is 73.8 Å². The van der Waals surface area contributed by atoms with Gasteiger partial charge in [0.15, 0.2) is 0 Å². The number of benzene rings is 2. The van der Waals surface area contributed by atoms with Gasteiger partial charge in [-0.1, -0.05) is 86.5 Å². The summed E-state index contributed by atoms with van der Waals surface area (Å²) in [5, 5.41) is 14.1. The fraction of sp³-hybridized carbons (Fsp3) is 0.512. The number of para-hydroxylation sites is 1. The van der Waals surface area contributed by atoms with Crippen molar-refractivity contribution in [3.63, 3.8) is 0 Å². The number of likely N-dealkylation sites (tertiary alicyclic amines) is 1. The van der Waals surface area contributed by atoms with Crippen LogP contribution in [0.4, 0.5) is 5.69 Å². The number of fused-ring (bicyclic) bond motifs is 1. The minimum atomic E-state index is -1.37. The van der Waals surface area contributed by atoms with Gasteiger partial charge in [0, 0.05) is 20.1 Å². The van der Waals surface area contributed by atoms with Crippen molar-refractivity contribution in [1.29, 1.82) is 0 Å². The molecule has 0 unspecified atom stereocenters. The number of aliphatic hydroxyl groups excluding tert-OH is 1. The minimum absolute atomic E-state index is 0.0433. The lowest BCUT2D eigenvalue weighted by atomic mass is 9.70. The van der Waals surface area contributed by atoms with Crippen LogP contribution in [0.3, 0.4) is 0 Å². The maximum atomic E-state index is 15.1. The largest absolute Gasteiger partial charge is 0.455 e. The Kier molecular flexibility index (Phi) is 13.2. The van der Waals surface area contributed by atoms with E-state index in [2.05, 4.69) is 18.5 Å². The summed E-state index contributed by atoms with van der Waals surface area (Å²) in [6.45, 7) is 13.1. The topological polar surface area (TPSA) is 135 Å². The third-order valence-corrected chi connectivity index (χ3v) is 11.4. The van der Waals surface area contributed by atoms with Crippen molar-refractivity contribution in [1.82, 2.24) is 10.2 Å². The molecule has 3 amide bonds. The summed E-state index contributed by atoms with van der Waals surface area (Å²) < 4.78 is 18.6. The summed E-state index contributed by atoms with van der Waals surface area (Å²) in [7, 11) is 1.50. The molecule has 9 atom stereocenters. The highest BCUT2D eigenvalue weighted by atomic mass is 35.5. The predicted octanol–water partition coefficient (Wildman–Crippen LogP) is 5.33. The van der Waals surface area contributed by atoms with Crippen molar-refractivity contribution in [3.05, 3.63) is 90.0 Å². The van der Waals surface area contributed by atoms with Gasteiger partial charge in [-0.2, -0.15) is 0 Å². The molecule has 0 aliphatic carbocycles. The summed E-state index contributed by atoms with van der Waals surface area (Å²) in [6, 6.07) is 11.8. The molecule has 12 heteroatoms. The highest BCUT2D eigenvalue weighted by Crippen LogP contribution is 2.60. The fourth-order valence-corrected chi connectivity index (χ4v) is 8.79. The van der Waals surface area contributed by atoms with E-state index in [-0.39, 0.29) is 31.4 Å². The molecule has 5 rings (SSSR count). The number of ether oxygens (including phenoxy) is 3. The summed E-state index contributed by atoms with van der Waals surface area (Å²) >= 11 is 6.71. The van der Waals surface area contributed by atoms with Crippen LogP contribution in [0.5, 0.6) is 0 Å². The molecule has 286 valence electrons. The molecule has 1 spiro atoms. The number of allylic oxidation sites excluding steroid dienone is 1. The number of hydrogen-bond acceptors (Lipinski definition) is 8. The third-order valence-electron chi connectivity index (χ3n) is 11.1. The first-order valence-corrected chi connectivity index (χ1v) is 18.8. The minimum Gasteiger partial charge on any atom is -0.455 e. The molecule has 3 aliphatic rings. The van der Waals surface area contributed by atoms with Gasteiger partial charge in [0.05, 0.1) is 53.9 Å². The second-order valence-corrected chi connectivity index (χ2v) is 14.7. The van der Waals surface area contributed by atoms with E-state index in [1.807, 2.05) is 45.0 Å². The highest BCUT2D eigenvalue weighted by Gasteiger charge is 2.76. The molecule has 3 aliphatic heterocycles. The lowest BCUT2D eigenvalue weighted by Crippen LogP contribution is -2.60. The number of nitrogens with one attached hydrogen (secondary N) is 1. The molecular weight excluding hydrogens is 698 g/mol. The molecule has 3 heterocycles. The Bertz CT molecular complexity index is 1650. The number of amides is 3. The number of anilines is 1. The van der Waals surface area contributed by atoms with Crippen LogP contribution in [0.25, 0.3) is 0 Å². The fourth-order valence-electron chi connectivity index (χ4n) is 8.47. The van der Waals surface area contributed by atoms with Crippen LogP contribution in [0.1, 0.15) is 63.2 Å². The maximum Gasteiger partial charge on any atom is 0.313 e. The van der Waals surface area contributed by atoms with E-state index in [0.717, 1.165) is 5.56 Å². The number of hydrogen-bond donors (Lipinski definition) is 2. The Morgan fingerprint density at radius 1 is 1.17 bits per heavy atom. The number of carbonyl (C=O) groups excluding carboxylic acids is 4. The maximum absolute atomic E-state index is 15.1. The molecule has 2 N–H and O–H groups in total. The molecular formula is C41H52ClN3O8. The molecule has 3 saturated heterocycles. The molecule has 2 aromatic carbocycles. The Hall–Kier alpha value is -4.03. The summed E-state index contributed by atoms with van der Waals surface area (Å²) in [5.74, 6) is -4.10. The smallest absolute Gasteiger partial charge is 0.313 e. The second kappa shape index (κ2) is 17.4. The monoisotopic (exact) mass is 749 g/mol. The summed E-state index contributed by atoms with van der Waals surface area (Å²) in [4.78, 5) is 60.6. The Morgan fingerprint density at radius 2 is 1.91 bits per heavy atom. The van der Waals surface area contributed by atoms with E-state index >= 15 is 4.79 Å². The van der Waals surface area contributed by atoms with Gasteiger partial charge in [0.1, 0.15) is 17.7 Å². The average Bonchev–Trinajstić information content (AvgIpc) is 3.80. The molecule has 2 bridgehead atoms. The van der Waals surface area contributed by atoms with E-state index in [1.165, 1.54) is 16.9 Å². The lowest BCUT2D eigenvalue weighted by Gasteiger charge is -2.41. The van der Waals surface area contributed by atoms with Crippen LogP contribution in [0, 0.1) is 24.7 Å². The van der Waals surface area contributed by atoms with Gasteiger partial charge in [-0.15, -0.1) is 13.2 Å². The van der Waals surface area contributed by atoms with Gasteiger partial charge >= 0.3 is 5.97 Å². The second-order valence-electron chi connectivity index (χ2n) is 14.3. The molecule has 11 nitrogen and oxygen atoms in total. The average molecular weight is 750 g/mol. The van der Waals surface area contributed by atoms with Crippen molar-refractivity contribution in [2.75, 3.05) is 31.8 Å². The zero-order chi connectivity index (χ0) is 38.4. The normalized spacial score (nSPS) is 25.2. The van der Waals surface area contributed by atoms with Crippen molar-refractivity contribution in [2.45, 2.75) is 88.8 Å². The van der Waals surface area contributed by atoms with Gasteiger partial charge in [-0.3, -0.25) is 19.2 Å². The molecule has 0 aromatic heterocycles. The first-order valence-electron chi connectivity index (χ1n) is 18.4. The zero-order valence-corrected chi connectivity index (χ0v) is 31.8. The molecule has 53 heavy (non-hydrogen) atoms. The van der Waals surface area contributed by atoms with Crippen LogP contribution >= 0.6 is 11.6 Å². The van der Waals surface area contributed by atoms with Crippen molar-refractivity contribution < 1.29 is 38.5 Å². The number of esters is 1. The predicted molar refractivity (Wildman–Crippen MR) is 202 cm³/mol. The van der Waals surface area contributed by atoms with Crippen molar-refractivity contribution in [2.24, 2.45) is 17.8 Å². The van der Waals surface area contributed by atoms with Crippen LogP contribution in [-0.4, -0.2) is 90.4 Å². The van der Waals surface area contributed by atoms with Crippen LogP contribution < -0.4 is 10.2 Å². The van der Waals surface area contributed by atoms with E-state index in [1.54, 1.807) is 36.4 Å². The quantitative estimate of drug-likeness (QED) is 0.154. The Labute approximate surface area is 317 Å². The third kappa shape index (κ3) is 7.67. The number of rotatable bonds is 18. The van der Waals surface area contributed by atoms with Gasteiger partial charge in [0.2, 0.25) is 11.8 Å². The van der Waals surface area contributed by atoms with Crippen molar-refractivity contribution in [3.8, 4) is 0 Å². The number of aliphatic hydroxyl groups is 1. The van der Waals surface area contributed by atoms with Crippen molar-refractivity contribution >= 4 is 41.0 Å². The Morgan fingerprint density at radius 3 is 2.53 bits per heavy atom. The first-order chi connectivity index (χ1) is 25.5. The lowest BCUT2D eigenvalue weighted by molar-refractivity contribution is -0.163. The van der Waals surface area contributed by atoms with E-state index < -0.39 is 72.2 Å². The zero-order valence-electron chi connectivity index (χ0n) is 31.0. The van der Waals surface area contributed by atoms with E-state index in [0.29, 0.717) is 42.0 Å². The SMILES string of the molecule is C=CCCC(=O)N[C@@H](COC)[C@@H](OC(=O)[C@@H]1[C@@H]2CC[C@]3(O2)[C@H](C(=O)N(CC=C)c2c(C)cccc2Cl)N([C@@H](CO)[C@@H](C)CC)C(=O)[C@@H]13)c1ccccc1. The number of methoxy groups -OCH3 is 1. The van der Waals surface area contributed by atoms with Gasteiger partial charge in [-0.25, -0.2) is 0 Å². The Balaban J connectivity index is 1.57. The summed E-state index contributed by atoms with van der Waals surface area (Å²) in [6.07, 6.45) is 3.64. The van der Waals surface area contributed by atoms with Crippen LogP contribution in [-0.2, 0) is 33.4 Å². The standard InChI is InChI=1S/C41H52ClN3O8/c1-7-10-19-32(47)43-29(24-51-6)36(27-16-12-11-13-17-27)52-40(50)33-31-20-21-41(53-31)34(33)38(48)45(30(23-46)25(4)9-3)37(41)39(49)44(22-8-2)35-26(5)15-14-18-28(35)42/h7-8,11-18,25,29-31,33-34,36-37,46H,1-2,9-10,19-24H2,3-6H3,(H,43,47)/t25-,29-,30-,31-,33+,34+,36-,37-,41+/m0/s1. The van der Waals surface area contributed by atoms with Gasteiger partial charge in [0.25, 0.3) is 5.91 Å². The highest BCUT2D eigenvalue weighted by molar-refractivity contribution is 6.34. The van der Waals surface area contributed by atoms with Gasteiger partial charge in [-0.05, 0) is 49.3 Å². The molecule has 0 radical (unpaired) electrons. The van der Waals surface area contributed by atoms with E-state index in [4.69, 9.17) is 25.8 Å². The van der Waals surface area contributed by atoms with Crippen LogP contribution in [0.2, 0.25) is 5.02 Å². The summed E-state index contributed by atoms with van der Waals surface area (Å²) in [5.41, 5.74) is 0.505.